The molecule has 0 aliphatic heterocycles. The second-order valence-corrected chi connectivity index (χ2v) is 8.22. The average Bonchev–Trinajstić information content (AvgIpc) is 2.56. The Morgan fingerprint density at radius 1 is 1.20 bits per heavy atom. The van der Waals surface area contributed by atoms with Gasteiger partial charge in [-0.25, -0.2) is 0 Å². The minimum atomic E-state index is -0.873. The molecule has 0 radical (unpaired) electrons. The lowest BCUT2D eigenvalue weighted by molar-refractivity contribution is -0.136. The van der Waals surface area contributed by atoms with Crippen molar-refractivity contribution >= 4 is 34.6 Å². The molecule has 0 heterocycles. The molecule has 0 spiro atoms. The quantitative estimate of drug-likeness (QED) is 0.722. The van der Waals surface area contributed by atoms with Crippen molar-refractivity contribution < 1.29 is 14.7 Å². The molecule has 6 heteroatoms. The van der Waals surface area contributed by atoms with Crippen LogP contribution in [0, 0.1) is 0 Å². The van der Waals surface area contributed by atoms with E-state index in [4.69, 9.17) is 16.7 Å². The van der Waals surface area contributed by atoms with Gasteiger partial charge in [-0.05, 0) is 43.9 Å². The minimum Gasteiger partial charge on any atom is -0.481 e. The molecule has 2 rings (SSSR count). The maximum Gasteiger partial charge on any atom is 0.307 e. The van der Waals surface area contributed by atoms with Gasteiger partial charge in [0.15, 0.2) is 0 Å². The van der Waals surface area contributed by atoms with Crippen LogP contribution in [0.25, 0.3) is 0 Å². The Hall–Kier alpha value is -1.20. The van der Waals surface area contributed by atoms with Gasteiger partial charge >= 0.3 is 5.97 Å². The number of halogens is 1. The summed E-state index contributed by atoms with van der Waals surface area (Å²) >= 11 is 7.93. The van der Waals surface area contributed by atoms with Crippen LogP contribution in [-0.2, 0) is 16.0 Å². The summed E-state index contributed by atoms with van der Waals surface area (Å²) in [6, 6.07) is 5.49. The van der Waals surface area contributed by atoms with Crippen LogP contribution >= 0.6 is 23.4 Å². The number of thioether (sulfide) groups is 1. The lowest BCUT2D eigenvalue weighted by Gasteiger charge is -2.38. The number of nitrogens with zero attached hydrogens (tertiary/aromatic N) is 1. The summed E-state index contributed by atoms with van der Waals surface area (Å²) < 4.78 is -0.309. The molecule has 1 N–H and O–H groups in total. The predicted octanol–water partition coefficient (Wildman–Crippen LogP) is 5.32. The first-order valence-electron chi connectivity index (χ1n) is 8.90. The Labute approximate surface area is 158 Å². The van der Waals surface area contributed by atoms with Crippen molar-refractivity contribution in [3.05, 3.63) is 34.3 Å². The molecule has 0 bridgehead atoms. The molecule has 0 atom stereocenters. The van der Waals surface area contributed by atoms with Crippen LogP contribution in [0.4, 0.5) is 4.79 Å². The van der Waals surface area contributed by atoms with Gasteiger partial charge < -0.3 is 10.0 Å². The zero-order valence-electron chi connectivity index (χ0n) is 14.9. The summed E-state index contributed by atoms with van der Waals surface area (Å²) in [4.78, 5) is 25.5. The summed E-state index contributed by atoms with van der Waals surface area (Å²) in [6.07, 6.45) is 5.12. The number of benzene rings is 1. The van der Waals surface area contributed by atoms with Crippen LogP contribution in [0.2, 0.25) is 5.02 Å². The smallest absolute Gasteiger partial charge is 0.307 e. The Morgan fingerprint density at radius 2 is 1.84 bits per heavy atom. The second kappa shape index (κ2) is 8.95. The third kappa shape index (κ3) is 4.91. The van der Waals surface area contributed by atoms with E-state index < -0.39 is 5.97 Å². The largest absolute Gasteiger partial charge is 0.481 e. The third-order valence-corrected chi connectivity index (χ3v) is 6.61. The number of aliphatic carboxylic acids is 1. The molecule has 1 aromatic carbocycles. The summed E-state index contributed by atoms with van der Waals surface area (Å²) in [5, 5.41) is 9.63. The van der Waals surface area contributed by atoms with Gasteiger partial charge in [0.25, 0.3) is 5.24 Å². The van der Waals surface area contributed by atoms with Gasteiger partial charge in [-0.2, -0.15) is 0 Å². The van der Waals surface area contributed by atoms with Crippen LogP contribution in [-0.4, -0.2) is 34.3 Å². The highest BCUT2D eigenvalue weighted by Crippen LogP contribution is 2.51. The molecule has 4 nitrogen and oxygen atoms in total. The van der Waals surface area contributed by atoms with Gasteiger partial charge in [0.1, 0.15) is 0 Å². The Balaban J connectivity index is 2.33. The van der Waals surface area contributed by atoms with Crippen molar-refractivity contribution in [3.63, 3.8) is 0 Å². The highest BCUT2D eigenvalue weighted by atomic mass is 35.5. The van der Waals surface area contributed by atoms with Crippen LogP contribution in [0.3, 0.4) is 0 Å². The van der Waals surface area contributed by atoms with Gasteiger partial charge in [-0.1, -0.05) is 54.8 Å². The molecule has 1 aromatic rings. The van der Waals surface area contributed by atoms with E-state index in [0.29, 0.717) is 23.7 Å². The van der Waals surface area contributed by atoms with Gasteiger partial charge in [0.2, 0.25) is 0 Å². The molecule has 1 saturated carbocycles. The maximum absolute atomic E-state index is 12.7. The lowest BCUT2D eigenvalue weighted by Crippen LogP contribution is -2.34. The fraction of sp³-hybridized carbons (Fsp3) is 0.579. The van der Waals surface area contributed by atoms with Crippen molar-refractivity contribution in [2.45, 2.75) is 57.1 Å². The topological polar surface area (TPSA) is 57.6 Å². The molecular formula is C19H26ClNO3S. The molecule has 1 amide bonds. The lowest BCUT2D eigenvalue weighted by atomic mass is 9.82. The first-order valence-corrected chi connectivity index (χ1v) is 10.1. The van der Waals surface area contributed by atoms with Crippen LogP contribution in [0.1, 0.15) is 57.1 Å². The minimum absolute atomic E-state index is 0.0431. The first kappa shape index (κ1) is 20.1. The number of carbonyl (C=O) groups excluding carboxylic acids is 1. The van der Waals surface area contributed by atoms with Crippen molar-refractivity contribution in [2.75, 3.05) is 13.1 Å². The van der Waals surface area contributed by atoms with E-state index in [1.165, 1.54) is 18.2 Å². The third-order valence-electron chi connectivity index (χ3n) is 4.85. The van der Waals surface area contributed by atoms with Crippen molar-refractivity contribution in [1.82, 2.24) is 4.90 Å². The number of carbonyl (C=O) groups is 2. The molecule has 1 aliphatic carbocycles. The molecule has 1 aliphatic rings. The Morgan fingerprint density at radius 3 is 2.36 bits per heavy atom. The van der Waals surface area contributed by atoms with Crippen molar-refractivity contribution in [2.24, 2.45) is 0 Å². The zero-order chi connectivity index (χ0) is 18.4. The number of amides is 1. The van der Waals surface area contributed by atoms with E-state index in [2.05, 4.69) is 0 Å². The fourth-order valence-electron chi connectivity index (χ4n) is 3.48. The van der Waals surface area contributed by atoms with Gasteiger partial charge in [-0.3, -0.25) is 9.59 Å². The fourth-order valence-corrected chi connectivity index (χ4v) is 5.42. The molecule has 0 unspecified atom stereocenters. The van der Waals surface area contributed by atoms with E-state index in [-0.39, 0.29) is 16.4 Å². The Kier molecular flexibility index (Phi) is 7.20. The zero-order valence-corrected chi connectivity index (χ0v) is 16.5. The SMILES string of the molecule is CCN(CC)C(=O)SC1(c2ccc(CC(=O)O)cc2Cl)CCCCC1. The monoisotopic (exact) mass is 383 g/mol. The van der Waals surface area contributed by atoms with Gasteiger partial charge in [-0.15, -0.1) is 0 Å². The normalized spacial score (nSPS) is 16.4. The maximum atomic E-state index is 12.7. The molecule has 1 fully saturated rings. The van der Waals surface area contributed by atoms with Crippen LogP contribution in [0.5, 0.6) is 0 Å². The van der Waals surface area contributed by atoms with E-state index in [0.717, 1.165) is 31.2 Å². The van der Waals surface area contributed by atoms with Crippen LogP contribution in [0.15, 0.2) is 18.2 Å². The van der Waals surface area contributed by atoms with Gasteiger partial charge in [0.05, 0.1) is 11.2 Å². The van der Waals surface area contributed by atoms with Crippen LogP contribution < -0.4 is 0 Å². The number of rotatable bonds is 6. The summed E-state index contributed by atoms with van der Waals surface area (Å²) in [5.41, 5.74) is 1.65. The van der Waals surface area contributed by atoms with E-state index in [9.17, 15) is 9.59 Å². The van der Waals surface area contributed by atoms with E-state index in [1.54, 1.807) is 6.07 Å². The number of hydrogen-bond acceptors (Lipinski definition) is 3. The second-order valence-electron chi connectivity index (χ2n) is 6.48. The molecule has 138 valence electrons. The number of carboxylic acids is 1. The molecule has 0 aromatic heterocycles. The highest BCUT2D eigenvalue weighted by Gasteiger charge is 2.39. The first-order chi connectivity index (χ1) is 11.9. The number of hydrogen-bond donors (Lipinski definition) is 1. The molecule has 0 saturated heterocycles. The molecule has 25 heavy (non-hydrogen) atoms. The van der Waals surface area contributed by atoms with Crippen molar-refractivity contribution in [3.8, 4) is 0 Å². The van der Waals surface area contributed by atoms with E-state index in [1.807, 2.05) is 30.9 Å². The van der Waals surface area contributed by atoms with E-state index >= 15 is 0 Å². The number of carboxylic acid groups (broad SMARTS) is 1. The molecular weight excluding hydrogens is 358 g/mol. The summed E-state index contributed by atoms with van der Waals surface area (Å²) in [5.74, 6) is -0.873. The Bertz CT molecular complexity index is 625. The van der Waals surface area contributed by atoms with Crippen molar-refractivity contribution in [1.29, 1.82) is 0 Å². The highest BCUT2D eigenvalue weighted by molar-refractivity contribution is 8.14. The summed E-state index contributed by atoms with van der Waals surface area (Å²) in [6.45, 7) is 5.37. The standard InChI is InChI=1S/C19H26ClNO3S/c1-3-21(4-2)18(24)25-19(10-6-5-7-11-19)15-9-8-14(12-16(15)20)13-17(22)23/h8-9,12H,3-7,10-11,13H2,1-2H3,(H,22,23). The van der Waals surface area contributed by atoms with Gasteiger partial charge in [0, 0.05) is 18.1 Å². The predicted molar refractivity (Wildman–Crippen MR) is 103 cm³/mol. The summed E-state index contributed by atoms with van der Waals surface area (Å²) in [7, 11) is 0. The average molecular weight is 384 g/mol.